The second kappa shape index (κ2) is 11.4. The van der Waals surface area contributed by atoms with Crippen LogP contribution in [0.1, 0.15) is 0 Å². The van der Waals surface area contributed by atoms with Gasteiger partial charge in [-0.05, 0) is 66.0 Å². The normalized spacial score (nSPS) is 11.6. The third-order valence-corrected chi connectivity index (χ3v) is 9.58. The minimum atomic E-state index is 0.641. The van der Waals surface area contributed by atoms with Gasteiger partial charge in [0.05, 0.1) is 16.6 Å². The third kappa shape index (κ3) is 4.60. The van der Waals surface area contributed by atoms with Gasteiger partial charge in [-0.2, -0.15) is 0 Å². The summed E-state index contributed by atoms with van der Waals surface area (Å²) in [6, 6.07) is 59.4. The minimum absolute atomic E-state index is 0.641. The summed E-state index contributed by atoms with van der Waals surface area (Å²) in [6.45, 7) is 0. The molecule has 50 heavy (non-hydrogen) atoms. The third-order valence-electron chi connectivity index (χ3n) is 9.58. The fourth-order valence-corrected chi connectivity index (χ4v) is 7.19. The summed E-state index contributed by atoms with van der Waals surface area (Å²) >= 11 is 0. The van der Waals surface area contributed by atoms with Gasteiger partial charge in [-0.25, -0.2) is 15.0 Å². The van der Waals surface area contributed by atoms with Crippen molar-refractivity contribution in [3.63, 3.8) is 0 Å². The molecule has 0 fully saturated rings. The summed E-state index contributed by atoms with van der Waals surface area (Å²) in [5.41, 5.74) is 8.63. The van der Waals surface area contributed by atoms with Gasteiger partial charge >= 0.3 is 0 Å². The standard InChI is InChI=1S/C45H29N5/c1-4-12-30(13-5-1)43-46-44(31-14-6-2-7-15-31)48-45(47-43)32-20-23-36(24-21-32)50-40-19-11-10-18-37(40)38-25-22-33-29-41-34(28-39(33)42(38)50)26-27-49(41)35-16-8-3-9-17-35/h1-29H. The minimum Gasteiger partial charge on any atom is -0.317 e. The van der Waals surface area contributed by atoms with Crippen LogP contribution in [-0.2, 0) is 0 Å². The summed E-state index contributed by atoms with van der Waals surface area (Å²) < 4.78 is 4.66. The number of hydrogen-bond acceptors (Lipinski definition) is 3. The maximum Gasteiger partial charge on any atom is 0.164 e. The molecule has 10 aromatic rings. The van der Waals surface area contributed by atoms with Gasteiger partial charge in [0.1, 0.15) is 0 Å². The molecule has 0 aliphatic rings. The molecule has 0 unspecified atom stereocenters. The lowest BCUT2D eigenvalue weighted by Crippen LogP contribution is -2.00. The zero-order chi connectivity index (χ0) is 33.0. The zero-order valence-corrected chi connectivity index (χ0v) is 27.0. The SMILES string of the molecule is c1ccc(-c2nc(-c3ccccc3)nc(-c3ccc(-n4c5ccccc5c5ccc6cc7c(ccn7-c7ccccc7)cc6c54)cc3)n2)cc1. The van der Waals surface area contributed by atoms with E-state index in [0.717, 1.165) is 28.1 Å². The molecule has 10 rings (SSSR count). The number of para-hydroxylation sites is 2. The van der Waals surface area contributed by atoms with Crippen molar-refractivity contribution in [2.24, 2.45) is 0 Å². The number of aromatic nitrogens is 5. The average Bonchev–Trinajstić information content (AvgIpc) is 3.77. The molecule has 0 spiro atoms. The second-order valence-electron chi connectivity index (χ2n) is 12.6. The predicted molar refractivity (Wildman–Crippen MR) is 205 cm³/mol. The van der Waals surface area contributed by atoms with E-state index in [1.807, 2.05) is 60.7 Å². The van der Waals surface area contributed by atoms with Gasteiger partial charge in [-0.15, -0.1) is 0 Å². The van der Waals surface area contributed by atoms with Crippen LogP contribution in [0.15, 0.2) is 176 Å². The van der Waals surface area contributed by atoms with Crippen molar-refractivity contribution in [3.8, 4) is 45.5 Å². The number of nitrogens with zero attached hydrogens (tertiary/aromatic N) is 5. The smallest absolute Gasteiger partial charge is 0.164 e. The molecule has 5 nitrogen and oxygen atoms in total. The van der Waals surface area contributed by atoms with Crippen molar-refractivity contribution in [2.75, 3.05) is 0 Å². The molecule has 7 aromatic carbocycles. The molecule has 0 bridgehead atoms. The first kappa shape index (κ1) is 28.2. The molecule has 234 valence electrons. The van der Waals surface area contributed by atoms with E-state index in [9.17, 15) is 0 Å². The molecular weight excluding hydrogens is 611 g/mol. The first-order valence-corrected chi connectivity index (χ1v) is 16.8. The summed E-state index contributed by atoms with van der Waals surface area (Å²) in [6.07, 6.45) is 2.16. The van der Waals surface area contributed by atoms with Crippen LogP contribution in [-0.4, -0.2) is 24.1 Å². The van der Waals surface area contributed by atoms with Gasteiger partial charge in [-0.1, -0.05) is 109 Å². The molecule has 0 aliphatic heterocycles. The van der Waals surface area contributed by atoms with Crippen LogP contribution in [0.3, 0.4) is 0 Å². The van der Waals surface area contributed by atoms with Crippen molar-refractivity contribution >= 4 is 43.5 Å². The van der Waals surface area contributed by atoms with Crippen LogP contribution in [0, 0.1) is 0 Å². The fourth-order valence-electron chi connectivity index (χ4n) is 7.19. The Hall–Kier alpha value is -6.85. The molecule has 0 saturated heterocycles. The van der Waals surface area contributed by atoms with Gasteiger partial charge in [0.25, 0.3) is 0 Å². The van der Waals surface area contributed by atoms with Crippen LogP contribution >= 0.6 is 0 Å². The van der Waals surface area contributed by atoms with Crippen LogP contribution in [0.5, 0.6) is 0 Å². The second-order valence-corrected chi connectivity index (χ2v) is 12.6. The lowest BCUT2D eigenvalue weighted by atomic mass is 10.0. The predicted octanol–water partition coefficient (Wildman–Crippen LogP) is 11.1. The van der Waals surface area contributed by atoms with E-state index in [0.29, 0.717) is 17.5 Å². The van der Waals surface area contributed by atoms with E-state index < -0.39 is 0 Å². The lowest BCUT2D eigenvalue weighted by molar-refractivity contribution is 1.07. The van der Waals surface area contributed by atoms with E-state index in [1.165, 1.54) is 43.5 Å². The van der Waals surface area contributed by atoms with E-state index in [4.69, 9.17) is 15.0 Å². The molecule has 0 atom stereocenters. The van der Waals surface area contributed by atoms with Crippen LogP contribution in [0.25, 0.3) is 89.0 Å². The monoisotopic (exact) mass is 639 g/mol. The zero-order valence-electron chi connectivity index (χ0n) is 27.0. The Bertz CT molecular complexity index is 2780. The van der Waals surface area contributed by atoms with Crippen molar-refractivity contribution < 1.29 is 0 Å². The number of hydrogen-bond donors (Lipinski definition) is 0. The molecule has 5 heteroatoms. The topological polar surface area (TPSA) is 48.5 Å². The Morgan fingerprint density at radius 2 is 0.940 bits per heavy atom. The van der Waals surface area contributed by atoms with Crippen molar-refractivity contribution in [2.45, 2.75) is 0 Å². The van der Waals surface area contributed by atoms with E-state index in [2.05, 4.69) is 125 Å². The van der Waals surface area contributed by atoms with Crippen molar-refractivity contribution in [1.29, 1.82) is 0 Å². The van der Waals surface area contributed by atoms with Gasteiger partial charge in [-0.3, -0.25) is 0 Å². The Labute approximate surface area is 288 Å². The molecule has 0 amide bonds. The van der Waals surface area contributed by atoms with E-state index in [-0.39, 0.29) is 0 Å². The molecule has 0 radical (unpaired) electrons. The largest absolute Gasteiger partial charge is 0.317 e. The molecular formula is C45H29N5. The highest BCUT2D eigenvalue weighted by molar-refractivity contribution is 6.20. The van der Waals surface area contributed by atoms with Gasteiger partial charge in [0, 0.05) is 55.8 Å². The van der Waals surface area contributed by atoms with Crippen LogP contribution in [0.2, 0.25) is 0 Å². The average molecular weight is 640 g/mol. The van der Waals surface area contributed by atoms with E-state index >= 15 is 0 Å². The first-order chi connectivity index (χ1) is 24.8. The summed E-state index contributed by atoms with van der Waals surface area (Å²) in [7, 11) is 0. The van der Waals surface area contributed by atoms with E-state index in [1.54, 1.807) is 0 Å². The Morgan fingerprint density at radius 1 is 0.360 bits per heavy atom. The molecule has 0 saturated carbocycles. The Balaban J connectivity index is 1.14. The molecule has 0 aliphatic carbocycles. The van der Waals surface area contributed by atoms with Crippen molar-refractivity contribution in [3.05, 3.63) is 176 Å². The van der Waals surface area contributed by atoms with Crippen LogP contribution < -0.4 is 0 Å². The van der Waals surface area contributed by atoms with Gasteiger partial charge in [0.15, 0.2) is 17.5 Å². The maximum absolute atomic E-state index is 4.95. The maximum atomic E-state index is 4.95. The first-order valence-electron chi connectivity index (χ1n) is 16.8. The highest BCUT2D eigenvalue weighted by atomic mass is 15.0. The molecule has 0 N–H and O–H groups in total. The number of fused-ring (bicyclic) bond motifs is 6. The quantitative estimate of drug-likeness (QED) is 0.188. The Morgan fingerprint density at radius 3 is 1.60 bits per heavy atom. The highest BCUT2D eigenvalue weighted by Crippen LogP contribution is 2.39. The van der Waals surface area contributed by atoms with Crippen LogP contribution in [0.4, 0.5) is 0 Å². The highest BCUT2D eigenvalue weighted by Gasteiger charge is 2.17. The summed E-state index contributed by atoms with van der Waals surface area (Å²) in [4.78, 5) is 14.8. The summed E-state index contributed by atoms with van der Waals surface area (Å²) in [5, 5.41) is 6.09. The molecule has 3 heterocycles. The van der Waals surface area contributed by atoms with Crippen molar-refractivity contribution in [1.82, 2.24) is 24.1 Å². The lowest BCUT2D eigenvalue weighted by Gasteiger charge is -2.12. The summed E-state index contributed by atoms with van der Waals surface area (Å²) in [5.74, 6) is 1.95. The number of benzene rings is 7. The van der Waals surface area contributed by atoms with Gasteiger partial charge in [0.2, 0.25) is 0 Å². The fraction of sp³-hybridized carbons (Fsp3) is 0. The van der Waals surface area contributed by atoms with Gasteiger partial charge < -0.3 is 9.13 Å². The molecule has 3 aromatic heterocycles. The Kier molecular flexibility index (Phi) is 6.42. The number of rotatable bonds is 5.